The molecule has 1 rings (SSSR count). The summed E-state index contributed by atoms with van der Waals surface area (Å²) in [5, 5.41) is 11.8. The van der Waals surface area contributed by atoms with Crippen LogP contribution in [0.3, 0.4) is 0 Å². The molecule has 1 N–H and O–H groups in total. The third-order valence-corrected chi connectivity index (χ3v) is 4.49. The molecular formula is C13H19NO5S. The zero-order chi connectivity index (χ0) is 15.2. The Balaban J connectivity index is 2.81. The van der Waals surface area contributed by atoms with Gasteiger partial charge in [-0.25, -0.2) is 8.42 Å². The van der Waals surface area contributed by atoms with Crippen molar-refractivity contribution in [2.45, 2.75) is 13.8 Å². The van der Waals surface area contributed by atoms with Gasteiger partial charge in [0.05, 0.1) is 18.6 Å². The highest BCUT2D eigenvalue weighted by atomic mass is 32.2. The van der Waals surface area contributed by atoms with Gasteiger partial charge >= 0.3 is 0 Å². The predicted octanol–water partition coefficient (Wildman–Crippen LogP) is 1.71. The van der Waals surface area contributed by atoms with Crippen molar-refractivity contribution in [1.29, 1.82) is 0 Å². The van der Waals surface area contributed by atoms with Crippen LogP contribution in [0.15, 0.2) is 23.4 Å². The molecule has 20 heavy (non-hydrogen) atoms. The van der Waals surface area contributed by atoms with E-state index in [9.17, 15) is 8.42 Å². The van der Waals surface area contributed by atoms with Gasteiger partial charge in [0.2, 0.25) is 0 Å². The van der Waals surface area contributed by atoms with E-state index in [1.165, 1.54) is 7.11 Å². The lowest BCUT2D eigenvalue weighted by molar-refractivity contribution is 0.311. The molecule has 0 spiro atoms. The van der Waals surface area contributed by atoms with Crippen LogP contribution < -0.4 is 9.47 Å². The van der Waals surface area contributed by atoms with Crippen LogP contribution in [-0.4, -0.2) is 44.6 Å². The quantitative estimate of drug-likeness (QED) is 0.471. The van der Waals surface area contributed by atoms with E-state index < -0.39 is 9.84 Å². The van der Waals surface area contributed by atoms with Gasteiger partial charge in [-0.1, -0.05) is 12.1 Å². The predicted molar refractivity (Wildman–Crippen MR) is 76.8 cm³/mol. The van der Waals surface area contributed by atoms with E-state index in [1.807, 2.05) is 0 Å². The summed E-state index contributed by atoms with van der Waals surface area (Å²) in [6.45, 7) is 3.32. The van der Waals surface area contributed by atoms with Crippen LogP contribution in [0.25, 0.3) is 0 Å². The fourth-order valence-corrected chi connectivity index (χ4v) is 2.12. The maximum Gasteiger partial charge on any atom is 0.161 e. The van der Waals surface area contributed by atoms with Crippen molar-refractivity contribution in [2.75, 3.05) is 25.2 Å². The highest BCUT2D eigenvalue weighted by molar-refractivity contribution is 7.91. The minimum absolute atomic E-state index is 0.0362. The maximum atomic E-state index is 11.4. The number of benzene rings is 1. The lowest BCUT2D eigenvalue weighted by Gasteiger charge is -2.12. The van der Waals surface area contributed by atoms with Crippen molar-refractivity contribution in [3.8, 4) is 11.5 Å². The van der Waals surface area contributed by atoms with Gasteiger partial charge in [0.1, 0.15) is 6.61 Å². The van der Waals surface area contributed by atoms with Crippen LogP contribution in [0.2, 0.25) is 0 Å². The fraction of sp³-hybridized carbons (Fsp3) is 0.462. The summed E-state index contributed by atoms with van der Waals surface area (Å²) in [7, 11) is -1.57. The monoisotopic (exact) mass is 301 g/mol. The number of nitrogens with zero attached hydrogens (tertiary/aromatic N) is 1. The van der Waals surface area contributed by atoms with Crippen molar-refractivity contribution < 1.29 is 23.1 Å². The molecule has 0 saturated heterocycles. The SMILES string of the molecule is CCS(=O)(=O)CCOc1ccc(/C(C)=N/O)cc1OC. The second-order valence-electron chi connectivity index (χ2n) is 4.14. The lowest BCUT2D eigenvalue weighted by atomic mass is 10.1. The van der Waals surface area contributed by atoms with Gasteiger partial charge in [-0.15, -0.1) is 0 Å². The molecule has 0 bridgehead atoms. The number of rotatable bonds is 7. The molecule has 0 aliphatic carbocycles. The van der Waals surface area contributed by atoms with Crippen LogP contribution in [-0.2, 0) is 9.84 Å². The minimum atomic E-state index is -3.05. The molecular weight excluding hydrogens is 282 g/mol. The van der Waals surface area contributed by atoms with Crippen LogP contribution in [0.1, 0.15) is 19.4 Å². The first-order valence-corrected chi connectivity index (χ1v) is 7.96. The Morgan fingerprint density at radius 3 is 2.60 bits per heavy atom. The second-order valence-corrected chi connectivity index (χ2v) is 6.61. The molecule has 0 atom stereocenters. The largest absolute Gasteiger partial charge is 0.493 e. The van der Waals surface area contributed by atoms with Crippen LogP contribution >= 0.6 is 0 Å². The first-order valence-electron chi connectivity index (χ1n) is 6.13. The molecule has 1 aromatic rings. The third kappa shape index (κ3) is 4.41. The van der Waals surface area contributed by atoms with Crippen molar-refractivity contribution in [1.82, 2.24) is 0 Å². The zero-order valence-corrected chi connectivity index (χ0v) is 12.6. The summed E-state index contributed by atoms with van der Waals surface area (Å²) >= 11 is 0. The topological polar surface area (TPSA) is 85.2 Å². The molecule has 0 aromatic heterocycles. The molecule has 0 saturated carbocycles. The summed E-state index contributed by atoms with van der Waals surface area (Å²) < 4.78 is 33.3. The summed E-state index contributed by atoms with van der Waals surface area (Å²) in [5.41, 5.74) is 1.14. The Morgan fingerprint density at radius 2 is 2.05 bits per heavy atom. The van der Waals surface area contributed by atoms with Crippen molar-refractivity contribution in [2.24, 2.45) is 5.16 Å². The van der Waals surface area contributed by atoms with Crippen molar-refractivity contribution >= 4 is 15.5 Å². The van der Waals surface area contributed by atoms with E-state index in [0.29, 0.717) is 22.8 Å². The molecule has 0 fully saturated rings. The van der Waals surface area contributed by atoms with Gasteiger partial charge in [-0.2, -0.15) is 0 Å². The van der Waals surface area contributed by atoms with Gasteiger partial charge in [0, 0.05) is 11.3 Å². The lowest BCUT2D eigenvalue weighted by Crippen LogP contribution is -2.15. The summed E-state index contributed by atoms with van der Waals surface area (Å²) in [5.74, 6) is 0.970. The molecule has 0 aliphatic rings. The van der Waals surface area contributed by atoms with Crippen LogP contribution in [0, 0.1) is 0 Å². The normalized spacial score (nSPS) is 12.2. The number of hydrogen-bond donors (Lipinski definition) is 1. The molecule has 7 heteroatoms. The van der Waals surface area contributed by atoms with Crippen molar-refractivity contribution in [3.63, 3.8) is 0 Å². The molecule has 0 heterocycles. The Bertz CT molecular complexity index is 580. The summed E-state index contributed by atoms with van der Waals surface area (Å²) in [4.78, 5) is 0. The zero-order valence-electron chi connectivity index (χ0n) is 11.8. The van der Waals surface area contributed by atoms with Crippen LogP contribution in [0.5, 0.6) is 11.5 Å². The van der Waals surface area contributed by atoms with E-state index >= 15 is 0 Å². The molecule has 0 amide bonds. The maximum absolute atomic E-state index is 11.4. The van der Waals surface area contributed by atoms with E-state index in [-0.39, 0.29) is 18.1 Å². The highest BCUT2D eigenvalue weighted by Crippen LogP contribution is 2.28. The molecule has 0 aliphatic heterocycles. The first-order chi connectivity index (χ1) is 9.43. The molecule has 0 radical (unpaired) electrons. The summed E-state index contributed by atoms with van der Waals surface area (Å²) in [6, 6.07) is 5.03. The Kier molecular flexibility index (Phi) is 5.82. The minimum Gasteiger partial charge on any atom is -0.493 e. The number of methoxy groups -OCH3 is 1. The van der Waals surface area contributed by atoms with E-state index in [1.54, 1.807) is 32.0 Å². The molecule has 6 nitrogen and oxygen atoms in total. The smallest absolute Gasteiger partial charge is 0.161 e. The highest BCUT2D eigenvalue weighted by Gasteiger charge is 2.11. The standard InChI is InChI=1S/C13H19NO5S/c1-4-20(16,17)8-7-19-12-6-5-11(10(2)14-15)9-13(12)18-3/h5-6,9,15H,4,7-8H2,1-3H3/b14-10+. The Labute approximate surface area is 118 Å². The van der Waals surface area contributed by atoms with Crippen molar-refractivity contribution in [3.05, 3.63) is 23.8 Å². The van der Waals surface area contributed by atoms with Gasteiger partial charge in [0.15, 0.2) is 21.3 Å². The van der Waals surface area contributed by atoms with E-state index in [4.69, 9.17) is 14.7 Å². The number of oxime groups is 1. The average molecular weight is 301 g/mol. The Morgan fingerprint density at radius 1 is 1.35 bits per heavy atom. The number of ether oxygens (including phenoxy) is 2. The molecule has 1 aromatic carbocycles. The first kappa shape index (κ1) is 16.3. The summed E-state index contributed by atoms with van der Waals surface area (Å²) in [6.07, 6.45) is 0. The Hall–Kier alpha value is -1.76. The van der Waals surface area contributed by atoms with Crippen LogP contribution in [0.4, 0.5) is 0 Å². The molecule has 112 valence electrons. The second kappa shape index (κ2) is 7.14. The van der Waals surface area contributed by atoms with Gasteiger partial charge in [-0.05, 0) is 25.1 Å². The van der Waals surface area contributed by atoms with Gasteiger partial charge < -0.3 is 14.7 Å². The van der Waals surface area contributed by atoms with E-state index in [2.05, 4.69) is 5.16 Å². The van der Waals surface area contributed by atoms with Gasteiger partial charge in [0.25, 0.3) is 0 Å². The number of hydrogen-bond acceptors (Lipinski definition) is 6. The van der Waals surface area contributed by atoms with Gasteiger partial charge in [-0.3, -0.25) is 0 Å². The third-order valence-electron chi connectivity index (χ3n) is 2.82. The fourth-order valence-electron chi connectivity index (χ4n) is 1.49. The average Bonchev–Trinajstić information content (AvgIpc) is 2.46. The molecule has 0 unspecified atom stereocenters. The van der Waals surface area contributed by atoms with E-state index in [0.717, 1.165) is 0 Å². The number of sulfone groups is 1.